The Kier molecular flexibility index (Phi) is 15.5. The fourth-order valence-electron chi connectivity index (χ4n) is 4.33. The number of H-pyrrole nitrogens is 2. The largest absolute Gasteiger partial charge is 0.366 e. The number of hydrogen-bond acceptors (Lipinski definition) is 0. The van der Waals surface area contributed by atoms with Gasteiger partial charge in [0.15, 0.2) is 0 Å². The molecule has 0 atom stereocenters. The van der Waals surface area contributed by atoms with Gasteiger partial charge in [0, 0.05) is 24.8 Å². The molecule has 2 heteroatoms. The summed E-state index contributed by atoms with van der Waals surface area (Å²) < 4.78 is 0. The first kappa shape index (κ1) is 33.8. The molecular formula is C45H42N2. The van der Waals surface area contributed by atoms with Crippen molar-refractivity contribution in [2.75, 3.05) is 0 Å². The fraction of sp³-hybridized carbons (Fsp3) is 0.0222. The molecule has 0 radical (unpaired) electrons. The minimum absolute atomic E-state index is 0.900. The third-order valence-corrected chi connectivity index (χ3v) is 6.80. The van der Waals surface area contributed by atoms with Crippen molar-refractivity contribution in [3.05, 3.63) is 240 Å². The summed E-state index contributed by atoms with van der Waals surface area (Å²) in [5, 5.41) is 0. The Morgan fingerprint density at radius 2 is 0.617 bits per heavy atom. The Labute approximate surface area is 280 Å². The third kappa shape index (κ3) is 14.0. The van der Waals surface area contributed by atoms with Crippen LogP contribution < -0.4 is 0 Å². The van der Waals surface area contributed by atoms with Crippen molar-refractivity contribution < 1.29 is 0 Å². The van der Waals surface area contributed by atoms with E-state index in [0.717, 1.165) is 6.42 Å². The van der Waals surface area contributed by atoms with Gasteiger partial charge >= 0.3 is 0 Å². The molecule has 2 N–H and O–H groups in total. The molecule has 47 heavy (non-hydrogen) atoms. The predicted molar refractivity (Wildman–Crippen MR) is 208 cm³/mol. The van der Waals surface area contributed by atoms with Crippen LogP contribution in [0.3, 0.4) is 0 Å². The fourth-order valence-corrected chi connectivity index (χ4v) is 4.33. The van der Waals surface area contributed by atoms with Crippen LogP contribution in [0.25, 0.3) is 24.3 Å². The van der Waals surface area contributed by atoms with Crippen LogP contribution in [-0.2, 0) is 0 Å². The lowest BCUT2D eigenvalue weighted by Gasteiger charge is -1.90. The zero-order chi connectivity index (χ0) is 32.5. The van der Waals surface area contributed by atoms with Crippen LogP contribution >= 0.6 is 0 Å². The molecule has 0 unspecified atom stereocenters. The molecule has 4 rings (SSSR count). The van der Waals surface area contributed by atoms with Gasteiger partial charge in [-0.05, 0) is 39.8 Å². The highest BCUT2D eigenvalue weighted by Crippen LogP contribution is 2.20. The first-order chi connectivity index (χ1) is 23.4. The normalized spacial score (nSPS) is 15.6. The molecule has 0 fully saturated rings. The summed E-state index contributed by atoms with van der Waals surface area (Å²) in [5.74, 6) is 0. The average molecular weight is 611 g/mol. The van der Waals surface area contributed by atoms with E-state index in [4.69, 9.17) is 0 Å². The average Bonchev–Trinajstić information content (AvgIpc) is 3.65. The molecule has 0 aromatic carbocycles. The zero-order valence-electron chi connectivity index (χ0n) is 26.6. The second kappa shape index (κ2) is 21.6. The van der Waals surface area contributed by atoms with Crippen LogP contribution in [-0.4, -0.2) is 9.97 Å². The summed E-state index contributed by atoms with van der Waals surface area (Å²) in [7, 11) is 0. The van der Waals surface area contributed by atoms with Crippen LogP contribution in [0.2, 0.25) is 0 Å². The van der Waals surface area contributed by atoms with E-state index < -0.39 is 0 Å². The van der Waals surface area contributed by atoms with Gasteiger partial charge in [-0.15, -0.1) is 0 Å². The molecule has 2 aliphatic carbocycles. The Balaban J connectivity index is 1.01. The highest BCUT2D eigenvalue weighted by Gasteiger charge is 2.01. The van der Waals surface area contributed by atoms with Gasteiger partial charge in [-0.3, -0.25) is 0 Å². The van der Waals surface area contributed by atoms with Crippen molar-refractivity contribution in [3.63, 3.8) is 0 Å². The van der Waals surface area contributed by atoms with Crippen LogP contribution in [0.1, 0.15) is 28.7 Å². The lowest BCUT2D eigenvalue weighted by atomic mass is 10.2. The number of hydrogen-bond donors (Lipinski definition) is 2. The molecule has 0 spiro atoms. The van der Waals surface area contributed by atoms with Crippen LogP contribution in [0.5, 0.6) is 0 Å². The number of aromatic nitrogens is 2. The van der Waals surface area contributed by atoms with Gasteiger partial charge in [0.2, 0.25) is 0 Å². The molecule has 0 saturated carbocycles. The molecule has 2 aromatic heterocycles. The molecule has 2 nitrogen and oxygen atoms in total. The lowest BCUT2D eigenvalue weighted by Crippen LogP contribution is -1.69. The molecule has 0 bridgehead atoms. The molecule has 0 aliphatic heterocycles. The maximum atomic E-state index is 3.13. The van der Waals surface area contributed by atoms with Crippen molar-refractivity contribution in [1.82, 2.24) is 9.97 Å². The SMILES string of the molecule is C1=Cc2c[nH]cc2C=CC1=C/C=C/C=C/C=C/C=C/C=C/C=C/C=C/C=C/C=C/C=C/C=C/C=C/CC=C1C=Cc2c[nH]cc2C=C1. The summed E-state index contributed by atoms with van der Waals surface area (Å²) >= 11 is 0. The third-order valence-electron chi connectivity index (χ3n) is 6.80. The summed E-state index contributed by atoms with van der Waals surface area (Å²) in [6.45, 7) is 0. The molecule has 0 amide bonds. The van der Waals surface area contributed by atoms with Gasteiger partial charge in [-0.1, -0.05) is 207 Å². The molecule has 232 valence electrons. The minimum atomic E-state index is 0.900. The van der Waals surface area contributed by atoms with E-state index in [1.807, 2.05) is 158 Å². The smallest absolute Gasteiger partial charge is 0.00843 e. The van der Waals surface area contributed by atoms with E-state index in [1.54, 1.807) is 0 Å². The van der Waals surface area contributed by atoms with Gasteiger partial charge in [-0.2, -0.15) is 0 Å². The molecule has 2 aliphatic rings. The number of rotatable bonds is 14. The van der Waals surface area contributed by atoms with E-state index >= 15 is 0 Å². The maximum absolute atomic E-state index is 3.13. The first-order valence-electron chi connectivity index (χ1n) is 15.8. The summed E-state index contributed by atoms with van der Waals surface area (Å²) in [4.78, 5) is 6.26. The monoisotopic (exact) mass is 610 g/mol. The standard InChI is InChI=1S/C45H42N2/c1(2-4-6-8-10-12-14-16-18-20-22-24-26-40-28-32-42-36-46-37-43(42)33-29-40)3-5-7-9-11-13-15-17-19-21-23-25-27-41-30-34-44-38-47-39-45(44)35-31-41/h1-24,26-39,46-47H,25H2/b3-1+,4-2+,7-5+,8-6+,11-9+,12-10+,15-13+,16-14+,19-17+,20-18+,23-21+,24-22+. The van der Waals surface area contributed by atoms with Gasteiger partial charge in [-0.25, -0.2) is 0 Å². The van der Waals surface area contributed by atoms with Gasteiger partial charge < -0.3 is 9.97 Å². The van der Waals surface area contributed by atoms with Crippen molar-refractivity contribution in [2.45, 2.75) is 6.42 Å². The highest BCUT2D eigenvalue weighted by atomic mass is 14.6. The Bertz CT molecular complexity index is 1760. The molecule has 2 heterocycles. The first-order valence-corrected chi connectivity index (χ1v) is 15.8. The maximum Gasteiger partial charge on any atom is 0.00843 e. The minimum Gasteiger partial charge on any atom is -0.366 e. The van der Waals surface area contributed by atoms with E-state index in [1.165, 1.54) is 33.4 Å². The summed E-state index contributed by atoms with van der Waals surface area (Å²) in [5.41, 5.74) is 7.27. The topological polar surface area (TPSA) is 31.6 Å². The second-order valence-electron chi connectivity index (χ2n) is 10.3. The number of allylic oxidation sites excluding steroid dienone is 32. The highest BCUT2D eigenvalue weighted by molar-refractivity contribution is 5.72. The van der Waals surface area contributed by atoms with E-state index in [0.29, 0.717) is 0 Å². The van der Waals surface area contributed by atoms with Crippen molar-refractivity contribution in [2.24, 2.45) is 0 Å². The Hall–Kier alpha value is -6.12. The van der Waals surface area contributed by atoms with E-state index in [9.17, 15) is 0 Å². The van der Waals surface area contributed by atoms with Gasteiger partial charge in [0.25, 0.3) is 0 Å². The molecule has 2 aromatic rings. The van der Waals surface area contributed by atoms with Crippen molar-refractivity contribution in [1.29, 1.82) is 0 Å². The van der Waals surface area contributed by atoms with Crippen molar-refractivity contribution in [3.8, 4) is 0 Å². The number of aromatic amines is 2. The summed E-state index contributed by atoms with van der Waals surface area (Å²) in [6.07, 6.45) is 79.0. The van der Waals surface area contributed by atoms with Crippen LogP contribution in [0, 0.1) is 0 Å². The van der Waals surface area contributed by atoms with E-state index in [-0.39, 0.29) is 0 Å². The lowest BCUT2D eigenvalue weighted by molar-refractivity contribution is 1.37. The quantitative estimate of drug-likeness (QED) is 0.199. The van der Waals surface area contributed by atoms with Gasteiger partial charge in [0.05, 0.1) is 0 Å². The number of fused-ring (bicyclic) bond motifs is 2. The summed E-state index contributed by atoms with van der Waals surface area (Å²) in [6, 6.07) is 0. The second-order valence-corrected chi connectivity index (χ2v) is 10.3. The molecular weight excluding hydrogens is 569 g/mol. The van der Waals surface area contributed by atoms with Gasteiger partial charge in [0.1, 0.15) is 0 Å². The molecule has 0 saturated heterocycles. The predicted octanol–water partition coefficient (Wildman–Crippen LogP) is 12.0. The van der Waals surface area contributed by atoms with Crippen LogP contribution in [0.15, 0.2) is 218 Å². The van der Waals surface area contributed by atoms with Crippen molar-refractivity contribution >= 4 is 24.3 Å². The Morgan fingerprint density at radius 3 is 0.979 bits per heavy atom. The zero-order valence-corrected chi connectivity index (χ0v) is 26.6. The van der Waals surface area contributed by atoms with E-state index in [2.05, 4.69) is 82.9 Å². The Morgan fingerprint density at radius 1 is 0.319 bits per heavy atom. The number of nitrogens with one attached hydrogen (secondary N) is 2. The van der Waals surface area contributed by atoms with Crippen LogP contribution in [0.4, 0.5) is 0 Å².